The molecule has 2 fully saturated rings. The Morgan fingerprint density at radius 2 is 1.89 bits per heavy atom. The van der Waals surface area contributed by atoms with Gasteiger partial charge >= 0.3 is 0 Å². The van der Waals surface area contributed by atoms with Gasteiger partial charge in [0.25, 0.3) is 0 Å². The third-order valence-corrected chi connectivity index (χ3v) is 4.76. The first-order valence-corrected chi connectivity index (χ1v) is 7.63. The molecule has 1 atom stereocenters. The van der Waals surface area contributed by atoms with Crippen LogP contribution in [0, 0.1) is 5.41 Å². The van der Waals surface area contributed by atoms with Crippen molar-refractivity contribution in [3.63, 3.8) is 0 Å². The lowest BCUT2D eigenvalue weighted by molar-refractivity contribution is -0.120. The summed E-state index contributed by atoms with van der Waals surface area (Å²) in [7, 11) is 2.13. The predicted molar refractivity (Wildman–Crippen MR) is 77.8 cm³/mol. The SMILES string of the molecule is CN(CC(NC1CC1)C(N)=O)C1CCC(C)(C)CC1. The standard InChI is InChI=1S/C15H29N3O/c1-15(2)8-6-12(7-9-15)18(3)10-13(14(16)19)17-11-4-5-11/h11-13,17H,4-10H2,1-3H3,(H2,16,19). The van der Waals surface area contributed by atoms with Crippen LogP contribution in [0.4, 0.5) is 0 Å². The van der Waals surface area contributed by atoms with Gasteiger partial charge in [-0.1, -0.05) is 13.8 Å². The van der Waals surface area contributed by atoms with Crippen molar-refractivity contribution in [3.8, 4) is 0 Å². The Morgan fingerprint density at radius 3 is 2.37 bits per heavy atom. The average molecular weight is 267 g/mol. The fourth-order valence-electron chi connectivity index (χ4n) is 3.02. The van der Waals surface area contributed by atoms with Crippen LogP contribution < -0.4 is 11.1 Å². The van der Waals surface area contributed by atoms with E-state index >= 15 is 0 Å². The van der Waals surface area contributed by atoms with Gasteiger partial charge in [0.05, 0.1) is 6.04 Å². The van der Waals surface area contributed by atoms with E-state index < -0.39 is 0 Å². The zero-order chi connectivity index (χ0) is 14.0. The number of hydrogen-bond donors (Lipinski definition) is 2. The van der Waals surface area contributed by atoms with Crippen molar-refractivity contribution in [2.24, 2.45) is 11.1 Å². The number of amides is 1. The lowest BCUT2D eigenvalue weighted by atomic mass is 9.75. The highest BCUT2D eigenvalue weighted by Crippen LogP contribution is 2.36. The van der Waals surface area contributed by atoms with E-state index in [-0.39, 0.29) is 11.9 Å². The van der Waals surface area contributed by atoms with E-state index in [4.69, 9.17) is 5.73 Å². The lowest BCUT2D eigenvalue weighted by Gasteiger charge is -2.39. The Balaban J connectivity index is 1.81. The quantitative estimate of drug-likeness (QED) is 0.766. The van der Waals surface area contributed by atoms with Crippen LogP contribution in [0.2, 0.25) is 0 Å². The van der Waals surface area contributed by atoms with Gasteiger partial charge in [-0.2, -0.15) is 0 Å². The predicted octanol–water partition coefficient (Wildman–Crippen LogP) is 1.49. The molecule has 4 nitrogen and oxygen atoms in total. The summed E-state index contributed by atoms with van der Waals surface area (Å²) in [6.45, 7) is 5.45. The minimum atomic E-state index is -0.213. The maximum Gasteiger partial charge on any atom is 0.235 e. The fourth-order valence-corrected chi connectivity index (χ4v) is 3.02. The zero-order valence-corrected chi connectivity index (χ0v) is 12.6. The second kappa shape index (κ2) is 5.80. The number of nitrogens with two attached hydrogens (primary N) is 1. The Labute approximate surface area is 117 Å². The van der Waals surface area contributed by atoms with Gasteiger partial charge in [0, 0.05) is 18.6 Å². The molecule has 0 aromatic carbocycles. The first-order valence-electron chi connectivity index (χ1n) is 7.63. The molecular formula is C15H29N3O. The number of primary amides is 1. The van der Waals surface area contributed by atoms with Crippen LogP contribution in [0.1, 0.15) is 52.4 Å². The minimum Gasteiger partial charge on any atom is -0.368 e. The van der Waals surface area contributed by atoms with E-state index in [1.165, 1.54) is 38.5 Å². The summed E-state index contributed by atoms with van der Waals surface area (Å²) in [5.41, 5.74) is 6.00. The van der Waals surface area contributed by atoms with Crippen molar-refractivity contribution in [1.82, 2.24) is 10.2 Å². The molecule has 2 rings (SSSR count). The second-order valence-corrected chi connectivity index (χ2v) is 7.23. The molecule has 3 N–H and O–H groups in total. The maximum absolute atomic E-state index is 11.5. The Morgan fingerprint density at radius 1 is 1.32 bits per heavy atom. The molecule has 0 aromatic heterocycles. The molecular weight excluding hydrogens is 238 g/mol. The average Bonchev–Trinajstić information content (AvgIpc) is 3.11. The van der Waals surface area contributed by atoms with Crippen LogP contribution in [0.5, 0.6) is 0 Å². The van der Waals surface area contributed by atoms with E-state index in [0.29, 0.717) is 17.5 Å². The maximum atomic E-state index is 11.5. The molecule has 1 amide bonds. The highest BCUT2D eigenvalue weighted by molar-refractivity contribution is 5.80. The summed E-state index contributed by atoms with van der Waals surface area (Å²) in [6.07, 6.45) is 7.39. The number of hydrogen-bond acceptors (Lipinski definition) is 3. The fraction of sp³-hybridized carbons (Fsp3) is 0.933. The van der Waals surface area contributed by atoms with Crippen LogP contribution in [0.15, 0.2) is 0 Å². The Hall–Kier alpha value is -0.610. The molecule has 2 aliphatic carbocycles. The van der Waals surface area contributed by atoms with E-state index in [1.54, 1.807) is 0 Å². The van der Waals surface area contributed by atoms with Gasteiger partial charge in [0.1, 0.15) is 0 Å². The van der Waals surface area contributed by atoms with Gasteiger partial charge in [0.15, 0.2) is 0 Å². The van der Waals surface area contributed by atoms with Crippen molar-refractivity contribution >= 4 is 5.91 Å². The van der Waals surface area contributed by atoms with Crippen LogP contribution in [-0.4, -0.2) is 42.5 Å². The zero-order valence-electron chi connectivity index (χ0n) is 12.6. The van der Waals surface area contributed by atoms with Gasteiger partial charge in [-0.15, -0.1) is 0 Å². The number of nitrogens with one attached hydrogen (secondary N) is 1. The van der Waals surface area contributed by atoms with E-state index in [2.05, 4.69) is 31.1 Å². The van der Waals surface area contributed by atoms with Crippen molar-refractivity contribution < 1.29 is 4.79 Å². The smallest absolute Gasteiger partial charge is 0.235 e. The van der Waals surface area contributed by atoms with Gasteiger partial charge in [-0.25, -0.2) is 0 Å². The van der Waals surface area contributed by atoms with Gasteiger partial charge in [0.2, 0.25) is 5.91 Å². The van der Waals surface area contributed by atoms with E-state index in [0.717, 1.165) is 6.54 Å². The molecule has 0 saturated heterocycles. The highest BCUT2D eigenvalue weighted by atomic mass is 16.1. The summed E-state index contributed by atoms with van der Waals surface area (Å²) < 4.78 is 0. The molecule has 19 heavy (non-hydrogen) atoms. The van der Waals surface area contributed by atoms with Crippen LogP contribution in [-0.2, 0) is 4.79 Å². The highest BCUT2D eigenvalue weighted by Gasteiger charge is 2.32. The number of carbonyl (C=O) groups is 1. The normalized spacial score (nSPS) is 25.5. The number of likely N-dealkylation sites (N-methyl/N-ethyl adjacent to an activating group) is 1. The van der Waals surface area contributed by atoms with Crippen molar-refractivity contribution in [1.29, 1.82) is 0 Å². The lowest BCUT2D eigenvalue weighted by Crippen LogP contribution is -2.51. The third kappa shape index (κ3) is 4.46. The van der Waals surface area contributed by atoms with Gasteiger partial charge in [-0.3, -0.25) is 4.79 Å². The number of nitrogens with zero attached hydrogens (tertiary/aromatic N) is 1. The second-order valence-electron chi connectivity index (χ2n) is 7.23. The van der Waals surface area contributed by atoms with Gasteiger partial charge < -0.3 is 16.0 Å². The molecule has 1 unspecified atom stereocenters. The monoisotopic (exact) mass is 267 g/mol. The van der Waals surface area contributed by atoms with Crippen LogP contribution in [0.3, 0.4) is 0 Å². The molecule has 0 aromatic rings. The van der Waals surface area contributed by atoms with Gasteiger partial charge in [-0.05, 0) is 51.0 Å². The molecule has 0 bridgehead atoms. The summed E-state index contributed by atoms with van der Waals surface area (Å²) in [6, 6.07) is 0.944. The van der Waals surface area contributed by atoms with Crippen molar-refractivity contribution in [2.75, 3.05) is 13.6 Å². The van der Waals surface area contributed by atoms with Crippen molar-refractivity contribution in [2.45, 2.75) is 70.5 Å². The van der Waals surface area contributed by atoms with E-state index in [1.807, 2.05) is 0 Å². The third-order valence-electron chi connectivity index (χ3n) is 4.76. The summed E-state index contributed by atoms with van der Waals surface area (Å²) in [4.78, 5) is 13.9. The largest absolute Gasteiger partial charge is 0.368 e. The Kier molecular flexibility index (Phi) is 4.51. The minimum absolute atomic E-state index is 0.188. The molecule has 0 heterocycles. The molecule has 2 aliphatic rings. The molecule has 0 spiro atoms. The molecule has 0 aliphatic heterocycles. The summed E-state index contributed by atoms with van der Waals surface area (Å²) in [5.74, 6) is -0.213. The summed E-state index contributed by atoms with van der Waals surface area (Å²) >= 11 is 0. The number of carbonyl (C=O) groups excluding carboxylic acids is 1. The molecule has 110 valence electrons. The molecule has 4 heteroatoms. The molecule has 2 saturated carbocycles. The first kappa shape index (κ1) is 14.8. The van der Waals surface area contributed by atoms with Crippen LogP contribution >= 0.6 is 0 Å². The Bertz CT molecular complexity index is 315. The van der Waals surface area contributed by atoms with E-state index in [9.17, 15) is 4.79 Å². The summed E-state index contributed by atoms with van der Waals surface area (Å²) in [5, 5.41) is 3.36. The van der Waals surface area contributed by atoms with Crippen molar-refractivity contribution in [3.05, 3.63) is 0 Å². The first-order chi connectivity index (χ1) is 8.87. The topological polar surface area (TPSA) is 58.4 Å². The molecule has 0 radical (unpaired) electrons. The number of rotatable bonds is 6. The van der Waals surface area contributed by atoms with Crippen LogP contribution in [0.25, 0.3) is 0 Å².